The first-order valence-electron chi connectivity index (χ1n) is 6.25. The number of nitrogens with two attached hydrogens (primary N) is 1. The van der Waals surface area contributed by atoms with Crippen LogP contribution in [0, 0.1) is 11.6 Å². The molecule has 0 bridgehead atoms. The maximum absolute atomic E-state index is 13.5. The molecule has 1 rings (SSSR count). The molecule has 6 nitrogen and oxygen atoms in total. The Labute approximate surface area is 120 Å². The van der Waals surface area contributed by atoms with E-state index >= 15 is 0 Å². The fourth-order valence-electron chi connectivity index (χ4n) is 1.49. The maximum Gasteiger partial charge on any atom is 0.305 e. The molecule has 0 unspecified atom stereocenters. The molecule has 116 valence electrons. The van der Waals surface area contributed by atoms with Gasteiger partial charge in [0.2, 0.25) is 5.82 Å². The average molecular weight is 302 g/mol. The van der Waals surface area contributed by atoms with E-state index in [2.05, 4.69) is 10.1 Å². The number of esters is 1. The molecule has 0 amide bonds. The van der Waals surface area contributed by atoms with Crippen LogP contribution in [0.2, 0.25) is 0 Å². The molecule has 0 aliphatic rings. The number of carbonyl (C=O) groups is 1. The fourth-order valence-corrected chi connectivity index (χ4v) is 1.49. The predicted octanol–water partition coefficient (Wildman–Crippen LogP) is 1.91. The van der Waals surface area contributed by atoms with Gasteiger partial charge in [0.1, 0.15) is 0 Å². The molecule has 0 atom stereocenters. The van der Waals surface area contributed by atoms with Crippen LogP contribution in [0.5, 0.6) is 5.75 Å². The second kappa shape index (κ2) is 8.85. The van der Waals surface area contributed by atoms with Crippen molar-refractivity contribution in [3.8, 4) is 5.75 Å². The molecule has 8 heteroatoms. The summed E-state index contributed by atoms with van der Waals surface area (Å²) in [5.41, 5.74) is 0.222. The Morgan fingerprint density at radius 2 is 2.19 bits per heavy atom. The van der Waals surface area contributed by atoms with Gasteiger partial charge < -0.3 is 14.4 Å². The highest BCUT2D eigenvalue weighted by Gasteiger charge is 2.12. The smallest absolute Gasteiger partial charge is 0.305 e. The van der Waals surface area contributed by atoms with Crippen LogP contribution >= 0.6 is 0 Å². The van der Waals surface area contributed by atoms with Crippen molar-refractivity contribution < 1.29 is 28.0 Å². The molecule has 0 saturated carbocycles. The molecule has 0 aliphatic carbocycles. The Kier molecular flexibility index (Phi) is 7.10. The van der Waals surface area contributed by atoms with Crippen molar-refractivity contribution in [3.63, 3.8) is 0 Å². The number of oxime groups is 1. The van der Waals surface area contributed by atoms with Gasteiger partial charge in [0.25, 0.3) is 0 Å². The molecule has 21 heavy (non-hydrogen) atoms. The lowest BCUT2D eigenvalue weighted by Gasteiger charge is -2.08. The quantitative estimate of drug-likeness (QED) is 0.343. The molecule has 0 aliphatic heterocycles. The molecule has 0 aromatic heterocycles. The van der Waals surface area contributed by atoms with E-state index in [0.29, 0.717) is 13.0 Å². The first-order valence-corrected chi connectivity index (χ1v) is 6.25. The normalized spacial score (nSPS) is 10.7. The Hall–Kier alpha value is -2.22. The van der Waals surface area contributed by atoms with E-state index < -0.39 is 11.6 Å². The lowest BCUT2D eigenvalue weighted by molar-refractivity contribution is -0.143. The Bertz CT molecular complexity index is 509. The summed E-state index contributed by atoms with van der Waals surface area (Å²) in [7, 11) is 0. The van der Waals surface area contributed by atoms with Gasteiger partial charge in [0.15, 0.2) is 11.6 Å². The molecule has 2 N–H and O–H groups in total. The lowest BCUT2D eigenvalue weighted by atomic mass is 10.2. The third-order valence-corrected chi connectivity index (χ3v) is 2.37. The highest BCUT2D eigenvalue weighted by atomic mass is 19.2. The number of halogens is 2. The highest BCUT2D eigenvalue weighted by molar-refractivity contribution is 5.79. The molecule has 1 aromatic rings. The molecular formula is C13H16F2N2O4. The van der Waals surface area contributed by atoms with Crippen LogP contribution in [0.4, 0.5) is 8.78 Å². The summed E-state index contributed by atoms with van der Waals surface area (Å²) in [4.78, 5) is 15.1. The molecule has 0 spiro atoms. The summed E-state index contributed by atoms with van der Waals surface area (Å²) in [6, 6.07) is 2.16. The van der Waals surface area contributed by atoms with Crippen LogP contribution in [-0.2, 0) is 14.5 Å². The second-order valence-corrected chi connectivity index (χ2v) is 3.91. The Balaban J connectivity index is 2.59. The number of hydrogen-bond donors (Lipinski definition) is 1. The highest BCUT2D eigenvalue weighted by Crippen LogP contribution is 2.22. The third kappa shape index (κ3) is 5.74. The number of hydrogen-bond acceptors (Lipinski definition) is 6. The zero-order valence-corrected chi connectivity index (χ0v) is 11.5. The van der Waals surface area contributed by atoms with Gasteiger partial charge in [0, 0.05) is 12.0 Å². The van der Waals surface area contributed by atoms with Gasteiger partial charge in [-0.3, -0.25) is 4.79 Å². The van der Waals surface area contributed by atoms with Gasteiger partial charge in [-0.2, -0.15) is 4.39 Å². The standard InChI is InChI=1S/C13H16F2N2O4/c1-2-19-12(18)4-3-5-20-11-7-9(8-17-21-16)6-10(14)13(11)15/h6-8H,2-5,16H2,1H3/b17-8+. The van der Waals surface area contributed by atoms with E-state index in [1.807, 2.05) is 0 Å². The van der Waals surface area contributed by atoms with Crippen molar-refractivity contribution in [2.24, 2.45) is 11.1 Å². The van der Waals surface area contributed by atoms with E-state index in [9.17, 15) is 13.6 Å². The van der Waals surface area contributed by atoms with Crippen molar-refractivity contribution in [2.45, 2.75) is 19.8 Å². The lowest BCUT2D eigenvalue weighted by Crippen LogP contribution is -2.07. The monoisotopic (exact) mass is 302 g/mol. The number of nitrogens with zero attached hydrogens (tertiary/aromatic N) is 1. The SMILES string of the molecule is CCOC(=O)CCCOc1cc(/C=N/ON)cc(F)c1F. The molecule has 1 aromatic carbocycles. The minimum Gasteiger partial charge on any atom is -0.490 e. The molecule has 0 radical (unpaired) electrons. The van der Waals surface area contributed by atoms with Gasteiger partial charge in [-0.25, -0.2) is 4.39 Å². The van der Waals surface area contributed by atoms with Crippen molar-refractivity contribution in [1.29, 1.82) is 0 Å². The van der Waals surface area contributed by atoms with Crippen molar-refractivity contribution in [1.82, 2.24) is 0 Å². The van der Waals surface area contributed by atoms with Crippen LogP contribution in [-0.4, -0.2) is 25.4 Å². The summed E-state index contributed by atoms with van der Waals surface area (Å²) in [6.45, 7) is 2.04. The summed E-state index contributed by atoms with van der Waals surface area (Å²) in [6.07, 6.45) is 1.57. The maximum atomic E-state index is 13.5. The van der Waals surface area contributed by atoms with E-state index in [1.54, 1.807) is 6.92 Å². The van der Waals surface area contributed by atoms with Crippen LogP contribution < -0.4 is 10.6 Å². The molecular weight excluding hydrogens is 286 g/mol. The van der Waals surface area contributed by atoms with Crippen LogP contribution in [0.1, 0.15) is 25.3 Å². The first kappa shape index (κ1) is 16.8. The van der Waals surface area contributed by atoms with Crippen LogP contribution in [0.15, 0.2) is 17.3 Å². The topological polar surface area (TPSA) is 83.1 Å². The molecule has 0 saturated heterocycles. The third-order valence-electron chi connectivity index (χ3n) is 2.37. The van der Waals surface area contributed by atoms with Crippen LogP contribution in [0.25, 0.3) is 0 Å². The van der Waals surface area contributed by atoms with Crippen LogP contribution in [0.3, 0.4) is 0 Å². The van der Waals surface area contributed by atoms with Crippen molar-refractivity contribution in [3.05, 3.63) is 29.3 Å². The largest absolute Gasteiger partial charge is 0.490 e. The Morgan fingerprint density at radius 3 is 2.86 bits per heavy atom. The van der Waals surface area contributed by atoms with Gasteiger partial charge in [-0.05, 0) is 25.5 Å². The molecule has 0 fully saturated rings. The summed E-state index contributed by atoms with van der Waals surface area (Å²) in [5, 5.41) is 3.24. The Morgan fingerprint density at radius 1 is 1.43 bits per heavy atom. The zero-order valence-electron chi connectivity index (χ0n) is 11.5. The summed E-state index contributed by atoms with van der Waals surface area (Å²) >= 11 is 0. The number of rotatable bonds is 8. The number of benzene rings is 1. The van der Waals surface area contributed by atoms with Gasteiger partial charge in [0.05, 0.1) is 19.4 Å². The average Bonchev–Trinajstić information content (AvgIpc) is 2.46. The summed E-state index contributed by atoms with van der Waals surface area (Å²) < 4.78 is 36.7. The number of ether oxygens (including phenoxy) is 2. The van der Waals surface area contributed by atoms with E-state index in [4.69, 9.17) is 15.4 Å². The zero-order chi connectivity index (χ0) is 15.7. The molecule has 0 heterocycles. The van der Waals surface area contributed by atoms with Gasteiger partial charge in [-0.1, -0.05) is 5.16 Å². The minimum atomic E-state index is -1.11. The van der Waals surface area contributed by atoms with Gasteiger partial charge >= 0.3 is 5.97 Å². The van der Waals surface area contributed by atoms with Crippen molar-refractivity contribution >= 4 is 12.2 Å². The van der Waals surface area contributed by atoms with Crippen molar-refractivity contribution in [2.75, 3.05) is 13.2 Å². The van der Waals surface area contributed by atoms with E-state index in [1.165, 1.54) is 6.07 Å². The van der Waals surface area contributed by atoms with Gasteiger partial charge in [-0.15, -0.1) is 5.90 Å². The summed E-state index contributed by atoms with van der Waals surface area (Å²) in [5.74, 6) is 1.84. The van der Waals surface area contributed by atoms with E-state index in [-0.39, 0.29) is 30.3 Å². The second-order valence-electron chi connectivity index (χ2n) is 3.91. The fraction of sp³-hybridized carbons (Fsp3) is 0.385. The first-order chi connectivity index (χ1) is 10.1. The number of carbonyl (C=O) groups excluding carboxylic acids is 1. The van der Waals surface area contributed by atoms with E-state index in [0.717, 1.165) is 12.3 Å². The predicted molar refractivity (Wildman–Crippen MR) is 70.6 cm³/mol. The minimum absolute atomic E-state index is 0.0448.